The summed E-state index contributed by atoms with van der Waals surface area (Å²) < 4.78 is 39.5. The van der Waals surface area contributed by atoms with Gasteiger partial charge in [-0.2, -0.15) is 5.10 Å². The van der Waals surface area contributed by atoms with Crippen molar-refractivity contribution in [1.82, 2.24) is 24.6 Å². The maximum Gasteiger partial charge on any atom is 0.245 e. The fourth-order valence-electron chi connectivity index (χ4n) is 4.79. The van der Waals surface area contributed by atoms with E-state index < -0.39 is 21.7 Å². The molecule has 10 nitrogen and oxygen atoms in total. The summed E-state index contributed by atoms with van der Waals surface area (Å²) in [6.45, 7) is 2.06. The standard InChI is InChI=1S/C24H28FN7O3S/c1-30-9-7-20(29-30)16-14-26-24(27-15-16)31-10-5-17(6-11-31)32-12-8-22(23(32)33)28-21-4-3-18(13-19(21)25)36(2,34)35/h3-4,7,9,13-15,17,22,28H,5-6,8,10-12H2,1-2H3/t22-/m0/s1. The average Bonchev–Trinajstić information content (AvgIpc) is 3.45. The molecular formula is C24H28FN7O3S. The molecule has 2 saturated heterocycles. The third kappa shape index (κ3) is 4.90. The summed E-state index contributed by atoms with van der Waals surface area (Å²) in [6, 6.07) is 5.18. The lowest BCUT2D eigenvalue weighted by Gasteiger charge is -2.36. The molecular weight excluding hydrogens is 485 g/mol. The number of aromatic nitrogens is 4. The second kappa shape index (κ2) is 9.49. The van der Waals surface area contributed by atoms with E-state index in [1.807, 2.05) is 24.2 Å². The normalized spacial score (nSPS) is 19.2. The van der Waals surface area contributed by atoms with E-state index in [0.717, 1.165) is 49.5 Å². The number of hydrogen-bond donors (Lipinski definition) is 1. The lowest BCUT2D eigenvalue weighted by atomic mass is 10.0. The second-order valence-electron chi connectivity index (χ2n) is 9.30. The molecule has 0 saturated carbocycles. The van der Waals surface area contributed by atoms with Crippen molar-refractivity contribution in [3.63, 3.8) is 0 Å². The first-order valence-electron chi connectivity index (χ1n) is 11.8. The summed E-state index contributed by atoms with van der Waals surface area (Å²) in [7, 11) is -1.64. The van der Waals surface area contributed by atoms with Crippen LogP contribution in [0.25, 0.3) is 11.3 Å². The zero-order chi connectivity index (χ0) is 25.4. The molecule has 12 heteroatoms. The summed E-state index contributed by atoms with van der Waals surface area (Å²) in [5, 5.41) is 7.33. The second-order valence-corrected chi connectivity index (χ2v) is 11.3. The fourth-order valence-corrected chi connectivity index (χ4v) is 5.43. The number of amides is 1. The van der Waals surface area contributed by atoms with Gasteiger partial charge < -0.3 is 15.1 Å². The maximum atomic E-state index is 14.5. The van der Waals surface area contributed by atoms with Crippen LogP contribution in [0.4, 0.5) is 16.0 Å². The van der Waals surface area contributed by atoms with Crippen molar-refractivity contribution in [3.05, 3.63) is 48.7 Å². The van der Waals surface area contributed by atoms with Gasteiger partial charge in [-0.15, -0.1) is 0 Å². The number of likely N-dealkylation sites (tertiary alicyclic amines) is 1. The van der Waals surface area contributed by atoms with Gasteiger partial charge in [-0.25, -0.2) is 22.8 Å². The summed E-state index contributed by atoms with van der Waals surface area (Å²) in [6.07, 6.45) is 8.60. The minimum atomic E-state index is -3.50. The minimum Gasteiger partial charge on any atom is -0.371 e. The molecule has 0 bridgehead atoms. The lowest BCUT2D eigenvalue weighted by molar-refractivity contribution is -0.130. The van der Waals surface area contributed by atoms with Crippen molar-refractivity contribution < 1.29 is 17.6 Å². The van der Waals surface area contributed by atoms with E-state index >= 15 is 0 Å². The molecule has 2 aromatic heterocycles. The molecule has 2 fully saturated rings. The summed E-state index contributed by atoms with van der Waals surface area (Å²) >= 11 is 0. The SMILES string of the molecule is Cn1ccc(-c2cnc(N3CCC(N4CC[C@H](Nc5ccc(S(C)(=O)=O)cc5F)C4=O)CC3)nc2)n1. The van der Waals surface area contributed by atoms with Crippen LogP contribution in [0.2, 0.25) is 0 Å². The summed E-state index contributed by atoms with van der Waals surface area (Å²) in [5.74, 6) is -0.0870. The first-order valence-corrected chi connectivity index (χ1v) is 13.7. The molecule has 1 atom stereocenters. The van der Waals surface area contributed by atoms with Crippen LogP contribution in [0.1, 0.15) is 19.3 Å². The smallest absolute Gasteiger partial charge is 0.245 e. The maximum absolute atomic E-state index is 14.5. The highest BCUT2D eigenvalue weighted by Crippen LogP contribution is 2.27. The van der Waals surface area contributed by atoms with Gasteiger partial charge in [0.15, 0.2) is 9.84 Å². The van der Waals surface area contributed by atoms with Crippen LogP contribution in [-0.2, 0) is 21.7 Å². The highest BCUT2D eigenvalue weighted by Gasteiger charge is 2.37. The van der Waals surface area contributed by atoms with E-state index in [1.54, 1.807) is 17.1 Å². The van der Waals surface area contributed by atoms with E-state index in [4.69, 9.17) is 0 Å². The van der Waals surface area contributed by atoms with Gasteiger partial charge in [-0.1, -0.05) is 0 Å². The third-order valence-electron chi connectivity index (χ3n) is 6.77. The number of aryl methyl sites for hydroxylation is 1. The van der Waals surface area contributed by atoms with Crippen molar-refractivity contribution in [1.29, 1.82) is 0 Å². The van der Waals surface area contributed by atoms with Crippen molar-refractivity contribution in [2.24, 2.45) is 7.05 Å². The van der Waals surface area contributed by atoms with E-state index in [0.29, 0.717) is 18.9 Å². The number of sulfone groups is 1. The zero-order valence-corrected chi connectivity index (χ0v) is 20.9. The molecule has 2 aliphatic rings. The van der Waals surface area contributed by atoms with Gasteiger partial charge in [0.2, 0.25) is 11.9 Å². The Kier molecular flexibility index (Phi) is 6.37. The molecule has 3 aromatic rings. The highest BCUT2D eigenvalue weighted by atomic mass is 32.2. The van der Waals surface area contributed by atoms with E-state index in [2.05, 4.69) is 25.3 Å². The molecule has 1 N–H and O–H groups in total. The van der Waals surface area contributed by atoms with Gasteiger partial charge in [0.25, 0.3) is 0 Å². The van der Waals surface area contributed by atoms with E-state index in [-0.39, 0.29) is 22.5 Å². The molecule has 0 unspecified atom stereocenters. The first-order chi connectivity index (χ1) is 17.2. The number of halogens is 1. The monoisotopic (exact) mass is 513 g/mol. The number of rotatable bonds is 6. The van der Waals surface area contributed by atoms with Gasteiger partial charge >= 0.3 is 0 Å². The third-order valence-corrected chi connectivity index (χ3v) is 7.88. The number of nitrogens with zero attached hydrogens (tertiary/aromatic N) is 6. The number of carbonyl (C=O) groups is 1. The topological polar surface area (TPSA) is 113 Å². The van der Waals surface area contributed by atoms with Crippen LogP contribution in [0.5, 0.6) is 0 Å². The van der Waals surface area contributed by atoms with Crippen LogP contribution < -0.4 is 10.2 Å². The van der Waals surface area contributed by atoms with Gasteiger partial charge in [-0.3, -0.25) is 9.48 Å². The molecule has 1 amide bonds. The van der Waals surface area contributed by atoms with Crippen LogP contribution in [0.3, 0.4) is 0 Å². The van der Waals surface area contributed by atoms with Crippen molar-refractivity contribution in [2.45, 2.75) is 36.2 Å². The Morgan fingerprint density at radius 3 is 2.39 bits per heavy atom. The van der Waals surface area contributed by atoms with Gasteiger partial charge in [0.05, 0.1) is 16.3 Å². The Morgan fingerprint density at radius 2 is 1.78 bits per heavy atom. The number of benzene rings is 1. The van der Waals surface area contributed by atoms with Crippen molar-refractivity contribution in [2.75, 3.05) is 36.1 Å². The molecule has 4 heterocycles. The van der Waals surface area contributed by atoms with Crippen LogP contribution in [0, 0.1) is 5.82 Å². The number of nitrogens with one attached hydrogen (secondary N) is 1. The number of anilines is 2. The lowest BCUT2D eigenvalue weighted by Crippen LogP contribution is -2.47. The quantitative estimate of drug-likeness (QED) is 0.533. The molecule has 1 aromatic carbocycles. The Balaban J connectivity index is 1.17. The fraction of sp³-hybridized carbons (Fsp3) is 0.417. The number of carbonyl (C=O) groups excluding carboxylic acids is 1. The highest BCUT2D eigenvalue weighted by molar-refractivity contribution is 7.90. The van der Waals surface area contributed by atoms with Gasteiger partial charge in [0, 0.05) is 63.1 Å². The Bertz CT molecular complexity index is 1370. The minimum absolute atomic E-state index is 0.0593. The predicted molar refractivity (Wildman–Crippen MR) is 133 cm³/mol. The Hall–Kier alpha value is -3.54. The van der Waals surface area contributed by atoms with Gasteiger partial charge in [0.1, 0.15) is 11.9 Å². The molecule has 36 heavy (non-hydrogen) atoms. The Labute approximate surface area is 209 Å². The Morgan fingerprint density at radius 1 is 1.06 bits per heavy atom. The van der Waals surface area contributed by atoms with E-state index in [9.17, 15) is 17.6 Å². The molecule has 0 aliphatic carbocycles. The molecule has 0 spiro atoms. The number of piperidine rings is 1. The van der Waals surface area contributed by atoms with Crippen molar-refractivity contribution >= 4 is 27.4 Å². The summed E-state index contributed by atoms with van der Waals surface area (Å²) in [4.78, 5) is 26.0. The van der Waals surface area contributed by atoms with Crippen LogP contribution in [-0.4, -0.2) is 76.9 Å². The average molecular weight is 514 g/mol. The molecule has 5 rings (SSSR count). The van der Waals surface area contributed by atoms with Crippen LogP contribution >= 0.6 is 0 Å². The zero-order valence-electron chi connectivity index (χ0n) is 20.1. The predicted octanol–water partition coefficient (Wildman–Crippen LogP) is 2.10. The molecule has 2 aliphatic heterocycles. The van der Waals surface area contributed by atoms with E-state index in [1.165, 1.54) is 12.1 Å². The molecule has 190 valence electrons. The largest absolute Gasteiger partial charge is 0.371 e. The summed E-state index contributed by atoms with van der Waals surface area (Å²) in [5.41, 5.74) is 1.81. The van der Waals surface area contributed by atoms with Gasteiger partial charge in [-0.05, 0) is 43.5 Å². The van der Waals surface area contributed by atoms with Crippen LogP contribution in [0.15, 0.2) is 47.8 Å². The molecule has 0 radical (unpaired) electrons. The number of hydrogen-bond acceptors (Lipinski definition) is 8. The van der Waals surface area contributed by atoms with Crippen molar-refractivity contribution in [3.8, 4) is 11.3 Å². The first kappa shape index (κ1) is 24.2.